The molecule has 3 rings (SSSR count). The van der Waals surface area contributed by atoms with Crippen LogP contribution in [0.3, 0.4) is 0 Å². The largest absolute Gasteiger partial charge is 0.493 e. The van der Waals surface area contributed by atoms with Crippen LogP contribution in [0, 0.1) is 5.92 Å². The van der Waals surface area contributed by atoms with Gasteiger partial charge in [-0.15, -0.1) is 0 Å². The number of hydrogen-bond donors (Lipinski definition) is 1. The van der Waals surface area contributed by atoms with E-state index in [4.69, 9.17) is 18.9 Å². The Hall–Kier alpha value is -3.06. The van der Waals surface area contributed by atoms with Crippen LogP contribution in [0.15, 0.2) is 54.6 Å². The zero-order valence-corrected chi connectivity index (χ0v) is 20.6. The van der Waals surface area contributed by atoms with Gasteiger partial charge in [0.15, 0.2) is 0 Å². The van der Waals surface area contributed by atoms with Gasteiger partial charge in [-0.1, -0.05) is 37.3 Å². The van der Waals surface area contributed by atoms with E-state index in [-0.39, 0.29) is 30.1 Å². The number of hydrogen-bond acceptors (Lipinski definition) is 6. The Balaban J connectivity index is 1.56. The quantitative estimate of drug-likeness (QED) is 0.375. The maximum atomic E-state index is 12.5. The standard InChI is InChI=1S/C27H35NO6/c1-18(17-32-21-9-7-6-8-10-21)22(28-26(30)34-27(2,3)4)15-16-23-24(33-23)19-11-13-20(14-12-19)25(29)31-5/h6-14,18,22-24H,15-17H2,1-5H3,(H,28,30)/t18-,22-,23?,24?/m1/s1. The highest BCUT2D eigenvalue weighted by atomic mass is 16.6. The van der Waals surface area contributed by atoms with Gasteiger partial charge in [0, 0.05) is 12.0 Å². The molecular formula is C27H35NO6. The molecule has 7 nitrogen and oxygen atoms in total. The van der Waals surface area contributed by atoms with Crippen molar-refractivity contribution in [1.82, 2.24) is 5.32 Å². The molecule has 1 amide bonds. The first kappa shape index (κ1) is 25.6. The highest BCUT2D eigenvalue weighted by molar-refractivity contribution is 5.89. The Morgan fingerprint density at radius 3 is 2.35 bits per heavy atom. The Morgan fingerprint density at radius 2 is 1.74 bits per heavy atom. The van der Waals surface area contributed by atoms with Gasteiger partial charge in [0.25, 0.3) is 0 Å². The van der Waals surface area contributed by atoms with Crippen LogP contribution in [0.5, 0.6) is 5.75 Å². The van der Waals surface area contributed by atoms with Crippen molar-refractivity contribution < 1.29 is 28.5 Å². The van der Waals surface area contributed by atoms with Gasteiger partial charge < -0.3 is 24.3 Å². The van der Waals surface area contributed by atoms with E-state index >= 15 is 0 Å². The maximum absolute atomic E-state index is 12.5. The molecule has 0 aliphatic carbocycles. The molecule has 0 saturated carbocycles. The molecule has 34 heavy (non-hydrogen) atoms. The number of methoxy groups -OCH3 is 1. The first-order valence-electron chi connectivity index (χ1n) is 11.7. The zero-order valence-electron chi connectivity index (χ0n) is 20.6. The lowest BCUT2D eigenvalue weighted by Gasteiger charge is -2.27. The fraction of sp³-hybridized carbons (Fsp3) is 0.481. The van der Waals surface area contributed by atoms with Crippen LogP contribution in [0.2, 0.25) is 0 Å². The third-order valence-electron chi connectivity index (χ3n) is 5.65. The first-order chi connectivity index (χ1) is 16.2. The molecule has 2 unspecified atom stereocenters. The van der Waals surface area contributed by atoms with Crippen LogP contribution >= 0.6 is 0 Å². The van der Waals surface area contributed by atoms with Crippen molar-refractivity contribution in [3.8, 4) is 5.75 Å². The van der Waals surface area contributed by atoms with Gasteiger partial charge in [-0.25, -0.2) is 9.59 Å². The second-order valence-electron chi connectivity index (χ2n) is 9.64. The third kappa shape index (κ3) is 7.76. The van der Waals surface area contributed by atoms with Gasteiger partial charge >= 0.3 is 12.1 Å². The molecule has 0 bridgehead atoms. The summed E-state index contributed by atoms with van der Waals surface area (Å²) in [6, 6.07) is 16.8. The van der Waals surface area contributed by atoms with E-state index in [1.54, 1.807) is 12.1 Å². The Kier molecular flexibility index (Phi) is 8.56. The molecule has 7 heteroatoms. The first-order valence-corrected chi connectivity index (χ1v) is 11.7. The Morgan fingerprint density at radius 1 is 1.06 bits per heavy atom. The van der Waals surface area contributed by atoms with Crippen molar-refractivity contribution in [2.75, 3.05) is 13.7 Å². The van der Waals surface area contributed by atoms with E-state index in [1.165, 1.54) is 7.11 Å². The number of alkyl carbamates (subject to hydrolysis) is 1. The summed E-state index contributed by atoms with van der Waals surface area (Å²) in [5.74, 6) is 0.498. The summed E-state index contributed by atoms with van der Waals surface area (Å²) >= 11 is 0. The van der Waals surface area contributed by atoms with Crippen molar-refractivity contribution in [2.24, 2.45) is 5.92 Å². The lowest BCUT2D eigenvalue weighted by atomic mass is 9.96. The van der Waals surface area contributed by atoms with Crippen molar-refractivity contribution in [3.05, 3.63) is 65.7 Å². The summed E-state index contributed by atoms with van der Waals surface area (Å²) in [6.07, 6.45) is 1.12. The number of rotatable bonds is 10. The average Bonchev–Trinajstić information content (AvgIpc) is 3.59. The lowest BCUT2D eigenvalue weighted by molar-refractivity contribution is 0.0471. The molecular weight excluding hydrogens is 434 g/mol. The molecule has 0 aromatic heterocycles. The molecule has 184 valence electrons. The topological polar surface area (TPSA) is 86.4 Å². The van der Waals surface area contributed by atoms with Crippen molar-refractivity contribution in [3.63, 3.8) is 0 Å². The average molecular weight is 470 g/mol. The van der Waals surface area contributed by atoms with Crippen LogP contribution in [0.1, 0.15) is 62.6 Å². The van der Waals surface area contributed by atoms with Gasteiger partial charge in [-0.3, -0.25) is 0 Å². The van der Waals surface area contributed by atoms with Gasteiger partial charge in [-0.05, 0) is 63.4 Å². The molecule has 0 spiro atoms. The van der Waals surface area contributed by atoms with E-state index in [9.17, 15) is 9.59 Å². The van der Waals surface area contributed by atoms with Crippen molar-refractivity contribution >= 4 is 12.1 Å². The fourth-order valence-electron chi connectivity index (χ4n) is 3.74. The monoisotopic (exact) mass is 469 g/mol. The molecule has 4 atom stereocenters. The molecule has 1 aliphatic heterocycles. The summed E-state index contributed by atoms with van der Waals surface area (Å²) in [4.78, 5) is 24.1. The zero-order chi connectivity index (χ0) is 24.7. The minimum atomic E-state index is -0.570. The molecule has 1 aliphatic rings. The number of nitrogens with one attached hydrogen (secondary N) is 1. The predicted octanol–water partition coefficient (Wildman–Crippen LogP) is 5.30. The van der Waals surface area contributed by atoms with Gasteiger partial charge in [-0.2, -0.15) is 0 Å². The maximum Gasteiger partial charge on any atom is 0.407 e. The van der Waals surface area contributed by atoms with Gasteiger partial charge in [0.1, 0.15) is 17.5 Å². The second-order valence-corrected chi connectivity index (χ2v) is 9.64. The normalized spacial score (nSPS) is 19.0. The van der Waals surface area contributed by atoms with Crippen molar-refractivity contribution in [2.45, 2.75) is 64.4 Å². The van der Waals surface area contributed by atoms with Crippen LogP contribution in [0.25, 0.3) is 0 Å². The van der Waals surface area contributed by atoms with Gasteiger partial charge in [0.2, 0.25) is 0 Å². The molecule has 1 saturated heterocycles. The van der Waals surface area contributed by atoms with Crippen LogP contribution in [-0.4, -0.2) is 43.5 Å². The fourth-order valence-corrected chi connectivity index (χ4v) is 3.74. The molecule has 0 radical (unpaired) electrons. The minimum Gasteiger partial charge on any atom is -0.493 e. The number of benzene rings is 2. The summed E-state index contributed by atoms with van der Waals surface area (Å²) < 4.78 is 22.0. The number of carbonyl (C=O) groups excluding carboxylic acids is 2. The molecule has 1 fully saturated rings. The summed E-state index contributed by atoms with van der Waals surface area (Å²) in [6.45, 7) is 8.06. The van der Waals surface area contributed by atoms with Crippen LogP contribution in [0.4, 0.5) is 4.79 Å². The van der Waals surface area contributed by atoms with Crippen LogP contribution in [-0.2, 0) is 14.2 Å². The SMILES string of the molecule is COC(=O)c1ccc(C2OC2CC[C@@H](NC(=O)OC(C)(C)C)[C@H](C)COc2ccccc2)cc1. The third-order valence-corrected chi connectivity index (χ3v) is 5.65. The predicted molar refractivity (Wildman–Crippen MR) is 129 cm³/mol. The molecule has 2 aromatic carbocycles. The Bertz CT molecular complexity index is 938. The van der Waals surface area contributed by atoms with Gasteiger partial charge in [0.05, 0.1) is 25.4 Å². The van der Waals surface area contributed by atoms with E-state index in [1.807, 2.05) is 63.2 Å². The number of esters is 1. The minimum absolute atomic E-state index is 0.00949. The highest BCUT2D eigenvalue weighted by Gasteiger charge is 2.40. The number of carbonyl (C=O) groups is 2. The Labute approximate surface area is 201 Å². The molecule has 2 aromatic rings. The van der Waals surface area contributed by atoms with E-state index in [0.29, 0.717) is 12.2 Å². The van der Waals surface area contributed by atoms with E-state index in [0.717, 1.165) is 24.2 Å². The van der Waals surface area contributed by atoms with Crippen LogP contribution < -0.4 is 10.1 Å². The second kappa shape index (κ2) is 11.4. The summed E-state index contributed by atoms with van der Waals surface area (Å²) in [7, 11) is 1.36. The molecule has 1 heterocycles. The summed E-state index contributed by atoms with van der Waals surface area (Å²) in [5, 5.41) is 3.03. The number of ether oxygens (including phenoxy) is 4. The number of para-hydroxylation sites is 1. The van der Waals surface area contributed by atoms with Crippen molar-refractivity contribution in [1.29, 1.82) is 0 Å². The summed E-state index contributed by atoms with van der Waals surface area (Å²) in [5.41, 5.74) is 0.964. The lowest BCUT2D eigenvalue weighted by Crippen LogP contribution is -2.44. The van der Waals surface area contributed by atoms with E-state index in [2.05, 4.69) is 12.2 Å². The number of epoxide rings is 1. The smallest absolute Gasteiger partial charge is 0.407 e. The van der Waals surface area contributed by atoms with E-state index < -0.39 is 11.7 Å². The number of amides is 1. The molecule has 1 N–H and O–H groups in total. The highest BCUT2D eigenvalue weighted by Crippen LogP contribution is 2.42.